The van der Waals surface area contributed by atoms with Crippen LogP contribution < -0.4 is 5.73 Å². The van der Waals surface area contributed by atoms with E-state index in [0.717, 1.165) is 19.6 Å². The van der Waals surface area contributed by atoms with E-state index in [1.807, 2.05) is 0 Å². The molecule has 0 bridgehead atoms. The number of nitrogens with zero attached hydrogens (tertiary/aromatic N) is 1. The van der Waals surface area contributed by atoms with Crippen molar-refractivity contribution in [2.75, 3.05) is 19.6 Å². The fraction of sp³-hybridized carbons (Fsp3) is 1.00. The lowest BCUT2D eigenvalue weighted by Gasteiger charge is -2.26. The molecular formula is C10H24N2. The molecule has 0 radical (unpaired) electrons. The fourth-order valence-corrected chi connectivity index (χ4v) is 1.26. The molecule has 0 saturated carbocycles. The molecule has 0 fully saturated rings. The van der Waals surface area contributed by atoms with E-state index in [1.165, 1.54) is 6.42 Å². The van der Waals surface area contributed by atoms with E-state index < -0.39 is 0 Å². The average molecular weight is 172 g/mol. The Labute approximate surface area is 77.1 Å². The van der Waals surface area contributed by atoms with Crippen molar-refractivity contribution in [1.82, 2.24) is 4.90 Å². The smallest absolute Gasteiger partial charge is 0.0193 e. The molecule has 0 spiro atoms. The van der Waals surface area contributed by atoms with Gasteiger partial charge in [0.2, 0.25) is 0 Å². The van der Waals surface area contributed by atoms with Gasteiger partial charge in [-0.3, -0.25) is 0 Å². The molecule has 1 unspecified atom stereocenters. The van der Waals surface area contributed by atoms with Crippen LogP contribution in [0.5, 0.6) is 0 Å². The third-order valence-electron chi connectivity index (χ3n) is 2.74. The summed E-state index contributed by atoms with van der Waals surface area (Å²) < 4.78 is 0. The molecule has 0 aromatic heterocycles. The van der Waals surface area contributed by atoms with Crippen LogP contribution in [0.15, 0.2) is 0 Å². The second-order valence-corrected chi connectivity index (χ2v) is 3.54. The Bertz CT molecular complexity index is 100. The minimum absolute atomic E-state index is 0.342. The third-order valence-corrected chi connectivity index (χ3v) is 2.74. The van der Waals surface area contributed by atoms with Gasteiger partial charge in [0.05, 0.1) is 0 Å². The van der Waals surface area contributed by atoms with E-state index >= 15 is 0 Å². The maximum Gasteiger partial charge on any atom is 0.0193 e. The first kappa shape index (κ1) is 11.9. The maximum absolute atomic E-state index is 6.04. The zero-order chi connectivity index (χ0) is 9.56. The first-order valence-corrected chi connectivity index (χ1v) is 5.13. The van der Waals surface area contributed by atoms with Gasteiger partial charge in [0, 0.05) is 12.6 Å². The minimum atomic E-state index is 0.342. The Balaban J connectivity index is 3.72. The van der Waals surface area contributed by atoms with E-state index in [9.17, 15) is 0 Å². The van der Waals surface area contributed by atoms with Crippen molar-refractivity contribution in [1.29, 1.82) is 0 Å². The number of hydrogen-bond donors (Lipinski definition) is 1. The van der Waals surface area contributed by atoms with E-state index in [0.29, 0.717) is 12.0 Å². The van der Waals surface area contributed by atoms with Crippen molar-refractivity contribution >= 4 is 0 Å². The lowest BCUT2D eigenvalue weighted by atomic mass is 10.00. The fourth-order valence-electron chi connectivity index (χ4n) is 1.26. The maximum atomic E-state index is 6.04. The number of hydrogen-bond acceptors (Lipinski definition) is 2. The largest absolute Gasteiger partial charge is 0.326 e. The van der Waals surface area contributed by atoms with Gasteiger partial charge in [-0.05, 0) is 19.0 Å². The van der Waals surface area contributed by atoms with Gasteiger partial charge in [-0.2, -0.15) is 0 Å². The van der Waals surface area contributed by atoms with E-state index in [-0.39, 0.29) is 0 Å². The van der Waals surface area contributed by atoms with Gasteiger partial charge in [0.25, 0.3) is 0 Å². The predicted octanol–water partition coefficient (Wildman–Crippen LogP) is 1.70. The number of likely N-dealkylation sites (N-methyl/N-ethyl adjacent to an activating group) is 1. The zero-order valence-corrected chi connectivity index (χ0v) is 9.01. The summed E-state index contributed by atoms with van der Waals surface area (Å²) in [6, 6.07) is 0.342. The summed E-state index contributed by atoms with van der Waals surface area (Å²) in [6.07, 6.45) is 1.18. The molecule has 2 atom stereocenters. The third kappa shape index (κ3) is 4.07. The standard InChI is InChI=1S/C10H24N2/c1-5-9(4)10(11)8-12(6-2)7-3/h9-10H,5-8,11H2,1-4H3/t9?,10-/m1/s1. The Hall–Kier alpha value is -0.0800. The molecule has 0 aromatic rings. The van der Waals surface area contributed by atoms with Crippen LogP contribution >= 0.6 is 0 Å². The number of nitrogens with two attached hydrogens (primary N) is 1. The second kappa shape index (κ2) is 6.44. The SMILES string of the molecule is CCC(C)[C@H](N)CN(CC)CC. The number of rotatable bonds is 6. The van der Waals surface area contributed by atoms with Crippen molar-refractivity contribution in [3.8, 4) is 0 Å². The van der Waals surface area contributed by atoms with Crippen LogP contribution in [-0.4, -0.2) is 30.6 Å². The van der Waals surface area contributed by atoms with E-state index in [4.69, 9.17) is 5.73 Å². The van der Waals surface area contributed by atoms with Crippen LogP contribution in [0.2, 0.25) is 0 Å². The zero-order valence-electron chi connectivity index (χ0n) is 9.01. The van der Waals surface area contributed by atoms with Gasteiger partial charge in [-0.15, -0.1) is 0 Å². The molecular weight excluding hydrogens is 148 g/mol. The van der Waals surface area contributed by atoms with Gasteiger partial charge in [-0.25, -0.2) is 0 Å². The van der Waals surface area contributed by atoms with Gasteiger partial charge < -0.3 is 10.6 Å². The van der Waals surface area contributed by atoms with Crippen LogP contribution in [0.3, 0.4) is 0 Å². The second-order valence-electron chi connectivity index (χ2n) is 3.54. The predicted molar refractivity (Wildman–Crippen MR) is 55.2 cm³/mol. The van der Waals surface area contributed by atoms with Gasteiger partial charge in [-0.1, -0.05) is 34.1 Å². The Kier molecular flexibility index (Phi) is 6.39. The van der Waals surface area contributed by atoms with Crippen molar-refractivity contribution in [2.45, 2.75) is 40.2 Å². The van der Waals surface area contributed by atoms with Crippen molar-refractivity contribution in [3.63, 3.8) is 0 Å². The molecule has 0 aliphatic carbocycles. The Morgan fingerprint density at radius 2 is 1.67 bits per heavy atom. The van der Waals surface area contributed by atoms with Gasteiger partial charge >= 0.3 is 0 Å². The van der Waals surface area contributed by atoms with E-state index in [2.05, 4.69) is 32.6 Å². The quantitative estimate of drug-likeness (QED) is 0.661. The summed E-state index contributed by atoms with van der Waals surface area (Å²) in [4.78, 5) is 2.39. The average Bonchev–Trinajstić information content (AvgIpc) is 2.12. The van der Waals surface area contributed by atoms with Crippen LogP contribution in [0.4, 0.5) is 0 Å². The first-order chi connectivity index (χ1) is 5.65. The molecule has 2 N–H and O–H groups in total. The van der Waals surface area contributed by atoms with E-state index in [1.54, 1.807) is 0 Å². The summed E-state index contributed by atoms with van der Waals surface area (Å²) in [5.41, 5.74) is 6.04. The molecule has 2 heteroatoms. The topological polar surface area (TPSA) is 29.3 Å². The Morgan fingerprint density at radius 1 is 1.17 bits per heavy atom. The first-order valence-electron chi connectivity index (χ1n) is 5.13. The molecule has 0 amide bonds. The summed E-state index contributed by atoms with van der Waals surface area (Å²) >= 11 is 0. The molecule has 0 aliphatic heterocycles. The van der Waals surface area contributed by atoms with Crippen LogP contribution in [0.1, 0.15) is 34.1 Å². The normalized spacial score (nSPS) is 16.5. The highest BCUT2D eigenvalue weighted by Gasteiger charge is 2.12. The molecule has 0 heterocycles. The summed E-state index contributed by atoms with van der Waals surface area (Å²) in [5.74, 6) is 0.644. The van der Waals surface area contributed by atoms with Crippen molar-refractivity contribution < 1.29 is 0 Å². The van der Waals surface area contributed by atoms with Gasteiger partial charge in [0.1, 0.15) is 0 Å². The lowest BCUT2D eigenvalue weighted by Crippen LogP contribution is -2.41. The molecule has 0 saturated heterocycles. The highest BCUT2D eigenvalue weighted by atomic mass is 15.1. The highest BCUT2D eigenvalue weighted by molar-refractivity contribution is 4.71. The summed E-state index contributed by atoms with van der Waals surface area (Å²) in [7, 11) is 0. The molecule has 0 aromatic carbocycles. The Morgan fingerprint density at radius 3 is 2.00 bits per heavy atom. The van der Waals surface area contributed by atoms with Crippen molar-refractivity contribution in [2.24, 2.45) is 11.7 Å². The molecule has 0 rings (SSSR count). The lowest BCUT2D eigenvalue weighted by molar-refractivity contribution is 0.252. The van der Waals surface area contributed by atoms with Crippen LogP contribution in [0, 0.1) is 5.92 Å². The van der Waals surface area contributed by atoms with Crippen LogP contribution in [0.25, 0.3) is 0 Å². The van der Waals surface area contributed by atoms with Gasteiger partial charge in [0.15, 0.2) is 0 Å². The summed E-state index contributed by atoms with van der Waals surface area (Å²) in [6.45, 7) is 12.1. The molecule has 0 aliphatic rings. The monoisotopic (exact) mass is 172 g/mol. The summed E-state index contributed by atoms with van der Waals surface area (Å²) in [5, 5.41) is 0. The van der Waals surface area contributed by atoms with Crippen LogP contribution in [-0.2, 0) is 0 Å². The minimum Gasteiger partial charge on any atom is -0.326 e. The van der Waals surface area contributed by atoms with Crippen molar-refractivity contribution in [3.05, 3.63) is 0 Å². The molecule has 2 nitrogen and oxygen atoms in total. The molecule has 12 heavy (non-hydrogen) atoms. The highest BCUT2D eigenvalue weighted by Crippen LogP contribution is 2.06. The molecule has 74 valence electrons.